The van der Waals surface area contributed by atoms with Gasteiger partial charge in [0.2, 0.25) is 10.7 Å². The predicted molar refractivity (Wildman–Crippen MR) is 95.3 cm³/mol. The van der Waals surface area contributed by atoms with Crippen LogP contribution in [0.15, 0.2) is 22.9 Å². The summed E-state index contributed by atoms with van der Waals surface area (Å²) in [5.74, 6) is 0.682. The number of anilines is 2. The largest absolute Gasteiger partial charge is 0.356 e. The summed E-state index contributed by atoms with van der Waals surface area (Å²) >= 11 is 3.28. The Morgan fingerprint density at radius 1 is 1.29 bits per heavy atom. The normalized spacial score (nSPS) is 18.2. The molecule has 24 heavy (non-hydrogen) atoms. The van der Waals surface area contributed by atoms with E-state index in [4.69, 9.17) is 9.84 Å². The van der Waals surface area contributed by atoms with Gasteiger partial charge in [-0.05, 0) is 60.3 Å². The average molecular weight is 391 g/mol. The summed E-state index contributed by atoms with van der Waals surface area (Å²) in [5, 5.41) is 13.3. The number of halogens is 1. The van der Waals surface area contributed by atoms with Gasteiger partial charge in [0.25, 0.3) is 0 Å². The molecular weight excluding hydrogens is 372 g/mol. The molecule has 8 heteroatoms. The second-order valence-corrected chi connectivity index (χ2v) is 6.75. The topological polar surface area (TPSA) is 69.8 Å². The summed E-state index contributed by atoms with van der Waals surface area (Å²) in [6.07, 6.45) is 3.38. The number of benzene rings is 1. The molecule has 3 heterocycles. The molecule has 1 aliphatic rings. The predicted octanol–water partition coefficient (Wildman–Crippen LogP) is 3.68. The van der Waals surface area contributed by atoms with Crippen LogP contribution in [-0.2, 0) is 11.8 Å². The number of aryl methyl sites for hydroxylation is 2. The van der Waals surface area contributed by atoms with E-state index in [0.29, 0.717) is 10.7 Å². The van der Waals surface area contributed by atoms with Crippen molar-refractivity contribution in [1.82, 2.24) is 24.5 Å². The van der Waals surface area contributed by atoms with Crippen LogP contribution < -0.4 is 5.32 Å². The zero-order valence-electron chi connectivity index (χ0n) is 13.7. The SMILES string of the molecule is Cc1nn(C2CCCCO2)c2ccc(Nc3nc(Br)nn3C)cc12. The van der Waals surface area contributed by atoms with Gasteiger partial charge in [0.1, 0.15) is 0 Å². The average Bonchev–Trinajstić information content (AvgIpc) is 3.08. The maximum absolute atomic E-state index is 5.89. The first-order chi connectivity index (χ1) is 11.6. The quantitative estimate of drug-likeness (QED) is 0.738. The van der Waals surface area contributed by atoms with Gasteiger partial charge in [-0.3, -0.25) is 0 Å². The van der Waals surface area contributed by atoms with Crippen molar-refractivity contribution in [3.8, 4) is 0 Å². The zero-order chi connectivity index (χ0) is 16.7. The lowest BCUT2D eigenvalue weighted by Crippen LogP contribution is -2.19. The summed E-state index contributed by atoms with van der Waals surface area (Å²) in [6, 6.07) is 6.21. The number of rotatable bonds is 3. The van der Waals surface area contributed by atoms with Gasteiger partial charge in [-0.15, -0.1) is 5.10 Å². The Kier molecular flexibility index (Phi) is 4.01. The number of nitrogens with zero attached hydrogens (tertiary/aromatic N) is 5. The van der Waals surface area contributed by atoms with Crippen LogP contribution in [0.4, 0.5) is 11.6 Å². The van der Waals surface area contributed by atoms with Crippen molar-refractivity contribution < 1.29 is 4.74 Å². The number of nitrogens with one attached hydrogen (secondary N) is 1. The van der Waals surface area contributed by atoms with Crippen molar-refractivity contribution in [3.05, 3.63) is 28.6 Å². The highest BCUT2D eigenvalue weighted by Crippen LogP contribution is 2.30. The summed E-state index contributed by atoms with van der Waals surface area (Å²) in [6.45, 7) is 2.84. The Bertz CT molecular complexity index is 880. The van der Waals surface area contributed by atoms with Gasteiger partial charge in [0.15, 0.2) is 6.23 Å². The van der Waals surface area contributed by atoms with Crippen LogP contribution >= 0.6 is 15.9 Å². The molecule has 0 amide bonds. The molecule has 2 aromatic heterocycles. The van der Waals surface area contributed by atoms with E-state index in [1.165, 1.54) is 6.42 Å². The Morgan fingerprint density at radius 3 is 2.88 bits per heavy atom. The Hall–Kier alpha value is -1.93. The maximum atomic E-state index is 5.89. The van der Waals surface area contributed by atoms with Gasteiger partial charge in [-0.1, -0.05) is 0 Å². The zero-order valence-corrected chi connectivity index (χ0v) is 15.2. The molecule has 1 N–H and O–H groups in total. The van der Waals surface area contributed by atoms with E-state index in [1.54, 1.807) is 4.68 Å². The number of aromatic nitrogens is 5. The van der Waals surface area contributed by atoms with Crippen LogP contribution in [0.5, 0.6) is 0 Å². The number of hydrogen-bond donors (Lipinski definition) is 1. The van der Waals surface area contributed by atoms with E-state index >= 15 is 0 Å². The molecular formula is C16H19BrN6O. The smallest absolute Gasteiger partial charge is 0.226 e. The van der Waals surface area contributed by atoms with Gasteiger partial charge in [0, 0.05) is 24.7 Å². The summed E-state index contributed by atoms with van der Waals surface area (Å²) in [7, 11) is 1.85. The molecule has 0 saturated carbocycles. The molecule has 7 nitrogen and oxygen atoms in total. The van der Waals surface area contributed by atoms with E-state index in [1.807, 2.05) is 24.7 Å². The van der Waals surface area contributed by atoms with Crippen molar-refractivity contribution in [2.24, 2.45) is 7.05 Å². The molecule has 0 bridgehead atoms. The molecule has 126 valence electrons. The fourth-order valence-corrected chi connectivity index (χ4v) is 3.51. The van der Waals surface area contributed by atoms with Crippen LogP contribution in [0.2, 0.25) is 0 Å². The molecule has 1 atom stereocenters. The molecule has 0 aliphatic carbocycles. The highest BCUT2D eigenvalue weighted by atomic mass is 79.9. The number of fused-ring (bicyclic) bond motifs is 1. The molecule has 3 aromatic rings. The van der Waals surface area contributed by atoms with Crippen molar-refractivity contribution in [3.63, 3.8) is 0 Å². The van der Waals surface area contributed by atoms with E-state index in [2.05, 4.69) is 43.5 Å². The van der Waals surface area contributed by atoms with Crippen molar-refractivity contribution in [2.45, 2.75) is 32.4 Å². The maximum Gasteiger partial charge on any atom is 0.226 e. The van der Waals surface area contributed by atoms with Crippen LogP contribution in [0.3, 0.4) is 0 Å². The third kappa shape index (κ3) is 2.80. The molecule has 0 spiro atoms. The van der Waals surface area contributed by atoms with Gasteiger partial charge in [-0.25, -0.2) is 9.36 Å². The molecule has 1 unspecified atom stereocenters. The highest BCUT2D eigenvalue weighted by molar-refractivity contribution is 9.10. The molecule has 4 rings (SSSR count). The van der Waals surface area contributed by atoms with Gasteiger partial charge < -0.3 is 10.1 Å². The molecule has 1 aromatic carbocycles. The van der Waals surface area contributed by atoms with Gasteiger partial charge >= 0.3 is 0 Å². The lowest BCUT2D eigenvalue weighted by atomic mass is 10.1. The van der Waals surface area contributed by atoms with Crippen LogP contribution in [-0.4, -0.2) is 31.2 Å². The lowest BCUT2D eigenvalue weighted by molar-refractivity contribution is -0.0368. The van der Waals surface area contributed by atoms with E-state index in [0.717, 1.165) is 41.7 Å². The minimum absolute atomic E-state index is 0.0449. The molecule has 1 fully saturated rings. The van der Waals surface area contributed by atoms with E-state index in [9.17, 15) is 0 Å². The van der Waals surface area contributed by atoms with Crippen LogP contribution in [0, 0.1) is 6.92 Å². The summed E-state index contributed by atoms with van der Waals surface area (Å²) in [5.41, 5.74) is 3.06. The summed E-state index contributed by atoms with van der Waals surface area (Å²) < 4.78 is 10.2. The Labute approximate surface area is 148 Å². The van der Waals surface area contributed by atoms with Crippen molar-refractivity contribution in [1.29, 1.82) is 0 Å². The standard InChI is InChI=1S/C16H19BrN6O/c1-10-12-9-11(18-16-19-15(17)21-22(16)2)6-7-13(12)23(20-10)14-5-3-4-8-24-14/h6-7,9,14H,3-5,8H2,1-2H3,(H,18,19,21). The molecule has 1 aliphatic heterocycles. The lowest BCUT2D eigenvalue weighted by Gasteiger charge is -2.23. The number of ether oxygens (including phenoxy) is 1. The fraction of sp³-hybridized carbons (Fsp3) is 0.438. The minimum Gasteiger partial charge on any atom is -0.356 e. The monoisotopic (exact) mass is 390 g/mol. The van der Waals surface area contributed by atoms with Crippen molar-refractivity contribution in [2.75, 3.05) is 11.9 Å². The second-order valence-electron chi connectivity index (χ2n) is 6.04. The number of hydrogen-bond acceptors (Lipinski definition) is 5. The van der Waals surface area contributed by atoms with Gasteiger partial charge in [0.05, 0.1) is 11.2 Å². The Balaban J connectivity index is 1.68. The highest BCUT2D eigenvalue weighted by Gasteiger charge is 2.20. The second kappa shape index (κ2) is 6.18. The first-order valence-corrected chi connectivity index (χ1v) is 8.85. The minimum atomic E-state index is 0.0449. The first-order valence-electron chi connectivity index (χ1n) is 8.06. The molecule has 1 saturated heterocycles. The van der Waals surface area contributed by atoms with E-state index in [-0.39, 0.29) is 6.23 Å². The van der Waals surface area contributed by atoms with Crippen molar-refractivity contribution >= 4 is 38.5 Å². The molecule has 0 radical (unpaired) electrons. The first kappa shape index (κ1) is 15.6. The van der Waals surface area contributed by atoms with Gasteiger partial charge in [-0.2, -0.15) is 10.1 Å². The summed E-state index contributed by atoms with van der Waals surface area (Å²) in [4.78, 5) is 4.30. The Morgan fingerprint density at radius 2 is 2.17 bits per heavy atom. The third-order valence-corrected chi connectivity index (χ3v) is 4.65. The third-order valence-electron chi connectivity index (χ3n) is 4.31. The van der Waals surface area contributed by atoms with Crippen LogP contribution in [0.1, 0.15) is 31.2 Å². The fourth-order valence-electron chi connectivity index (χ4n) is 3.10. The van der Waals surface area contributed by atoms with E-state index < -0.39 is 0 Å². The van der Waals surface area contributed by atoms with Crippen LogP contribution in [0.25, 0.3) is 10.9 Å².